The number of nitrogens with zero attached hydrogens (tertiary/aromatic N) is 6. The Labute approximate surface area is 379 Å². The Bertz CT molecular complexity index is 3470. The van der Waals surface area contributed by atoms with Gasteiger partial charge in [-0.2, -0.15) is 36.9 Å². The third-order valence-electron chi connectivity index (χ3n) is 11.5. The Balaban J connectivity index is 1.31. The highest BCUT2D eigenvalue weighted by molar-refractivity contribution is 6.12. The summed E-state index contributed by atoms with van der Waals surface area (Å²) in [7, 11) is 0. The van der Waals surface area contributed by atoms with Crippen LogP contribution in [0.2, 0.25) is 0 Å². The van der Waals surface area contributed by atoms with Crippen LogP contribution in [0.4, 0.5) is 26.3 Å². The molecule has 322 valence electrons. The van der Waals surface area contributed by atoms with Gasteiger partial charge < -0.3 is 4.57 Å². The average Bonchev–Trinajstić information content (AvgIpc) is 3.69. The molecular formula is C55H30F6N6. The molecule has 0 aliphatic carbocycles. The summed E-state index contributed by atoms with van der Waals surface area (Å²) in [5.41, 5.74) is 4.26. The molecule has 0 saturated carbocycles. The number of nitriles is 2. The van der Waals surface area contributed by atoms with E-state index in [0.29, 0.717) is 83.9 Å². The summed E-state index contributed by atoms with van der Waals surface area (Å²) in [6.45, 7) is 0. The van der Waals surface area contributed by atoms with E-state index < -0.39 is 23.5 Å². The molecule has 0 saturated heterocycles. The number of para-hydroxylation sites is 1. The van der Waals surface area contributed by atoms with Crippen LogP contribution in [0.5, 0.6) is 0 Å². The molecule has 2 heterocycles. The summed E-state index contributed by atoms with van der Waals surface area (Å²) in [5, 5.41) is 21.5. The predicted molar refractivity (Wildman–Crippen MR) is 246 cm³/mol. The van der Waals surface area contributed by atoms with Crippen molar-refractivity contribution in [3.05, 3.63) is 204 Å². The lowest BCUT2D eigenvalue weighted by Crippen LogP contribution is -2.11. The standard InChI is InChI=1S/C55H30F6N6/c56-54(57,58)42-25-40(26-43(30-42)55(59,60)61)37-21-22-49-47(27-37)44-19-7-8-20-48(44)67(49)50-45(38-17-9-11-33(23-38)31-62)28-41(29-46(50)39-18-10-12-34(24-39)32-63)53-65-51(35-13-3-1-4-14-35)64-52(66-53)36-15-5-2-6-16-36/h1-30H. The molecule has 0 N–H and O–H groups in total. The summed E-state index contributed by atoms with van der Waals surface area (Å²) >= 11 is 0. The van der Waals surface area contributed by atoms with Gasteiger partial charge in [0.25, 0.3) is 0 Å². The van der Waals surface area contributed by atoms with Crippen LogP contribution in [0.15, 0.2) is 182 Å². The van der Waals surface area contributed by atoms with Crippen LogP contribution in [0.1, 0.15) is 22.3 Å². The van der Waals surface area contributed by atoms with E-state index in [9.17, 15) is 36.9 Å². The van der Waals surface area contributed by atoms with E-state index in [4.69, 9.17) is 15.0 Å². The Morgan fingerprint density at radius 3 is 1.34 bits per heavy atom. The summed E-state index contributed by atoms with van der Waals surface area (Å²) in [4.78, 5) is 15.0. The number of hydrogen-bond acceptors (Lipinski definition) is 5. The van der Waals surface area contributed by atoms with Crippen LogP contribution in [-0.4, -0.2) is 19.5 Å². The Hall–Kier alpha value is -8.87. The van der Waals surface area contributed by atoms with Crippen molar-refractivity contribution in [3.8, 4) is 85.4 Å². The maximum atomic E-state index is 14.1. The van der Waals surface area contributed by atoms with E-state index >= 15 is 0 Å². The van der Waals surface area contributed by atoms with Crippen LogP contribution >= 0.6 is 0 Å². The summed E-state index contributed by atoms with van der Waals surface area (Å²) in [6, 6.07) is 55.2. The van der Waals surface area contributed by atoms with Crippen molar-refractivity contribution in [3.63, 3.8) is 0 Å². The molecule has 8 aromatic carbocycles. The molecule has 0 bridgehead atoms. The summed E-state index contributed by atoms with van der Waals surface area (Å²) < 4.78 is 86.4. The van der Waals surface area contributed by atoms with Crippen molar-refractivity contribution in [1.82, 2.24) is 19.5 Å². The molecule has 0 spiro atoms. The lowest BCUT2D eigenvalue weighted by molar-refractivity contribution is -0.143. The highest BCUT2D eigenvalue weighted by Gasteiger charge is 2.37. The van der Waals surface area contributed by atoms with Gasteiger partial charge in [-0.05, 0) is 95.1 Å². The number of aromatic nitrogens is 4. The maximum Gasteiger partial charge on any atom is 0.416 e. The van der Waals surface area contributed by atoms with Gasteiger partial charge >= 0.3 is 12.4 Å². The highest BCUT2D eigenvalue weighted by atomic mass is 19.4. The largest absolute Gasteiger partial charge is 0.416 e. The fraction of sp³-hybridized carbons (Fsp3) is 0.0364. The van der Waals surface area contributed by atoms with Gasteiger partial charge in [-0.3, -0.25) is 0 Å². The minimum Gasteiger partial charge on any atom is -0.308 e. The predicted octanol–water partition coefficient (Wildman–Crippen LogP) is 14.8. The quantitative estimate of drug-likeness (QED) is 0.149. The lowest BCUT2D eigenvalue weighted by atomic mass is 9.91. The van der Waals surface area contributed by atoms with Gasteiger partial charge in [0.1, 0.15) is 0 Å². The molecule has 0 amide bonds. The maximum absolute atomic E-state index is 14.1. The Kier molecular flexibility index (Phi) is 10.4. The number of hydrogen-bond donors (Lipinski definition) is 0. The van der Waals surface area contributed by atoms with Crippen molar-refractivity contribution < 1.29 is 26.3 Å². The van der Waals surface area contributed by atoms with Crippen molar-refractivity contribution in [2.24, 2.45) is 0 Å². The molecule has 67 heavy (non-hydrogen) atoms. The van der Waals surface area contributed by atoms with Crippen LogP contribution in [0.3, 0.4) is 0 Å². The van der Waals surface area contributed by atoms with Crippen LogP contribution in [0.25, 0.3) is 95.0 Å². The summed E-state index contributed by atoms with van der Waals surface area (Å²) in [5.74, 6) is 1.19. The molecule has 10 rings (SSSR count). The fourth-order valence-corrected chi connectivity index (χ4v) is 8.41. The zero-order valence-electron chi connectivity index (χ0n) is 34.8. The van der Waals surface area contributed by atoms with Crippen molar-refractivity contribution >= 4 is 21.8 Å². The SMILES string of the molecule is N#Cc1cccc(-c2cc(-c3nc(-c4ccccc4)nc(-c4ccccc4)n3)cc(-c3cccc(C#N)c3)c2-n2c3ccccc3c3cc(-c4cc(C(F)(F)F)cc(C(F)(F)F)c4)ccc32)c1. The number of fused-ring (bicyclic) bond motifs is 3. The average molecular weight is 889 g/mol. The molecule has 0 unspecified atom stereocenters. The molecular weight excluding hydrogens is 859 g/mol. The van der Waals surface area contributed by atoms with E-state index in [1.807, 2.05) is 108 Å². The fourth-order valence-electron chi connectivity index (χ4n) is 8.41. The van der Waals surface area contributed by atoms with E-state index in [2.05, 4.69) is 12.1 Å². The van der Waals surface area contributed by atoms with Crippen molar-refractivity contribution in [2.45, 2.75) is 12.4 Å². The van der Waals surface area contributed by atoms with Gasteiger partial charge in [0, 0.05) is 38.6 Å². The van der Waals surface area contributed by atoms with E-state index in [1.54, 1.807) is 54.6 Å². The molecule has 0 aliphatic heterocycles. The third kappa shape index (κ3) is 8.02. The van der Waals surface area contributed by atoms with Crippen LogP contribution in [-0.2, 0) is 12.4 Å². The zero-order valence-corrected chi connectivity index (χ0v) is 34.8. The first kappa shape index (κ1) is 42.1. The van der Waals surface area contributed by atoms with Crippen LogP contribution < -0.4 is 0 Å². The van der Waals surface area contributed by atoms with Gasteiger partial charge in [0.05, 0.1) is 51.1 Å². The smallest absolute Gasteiger partial charge is 0.308 e. The second-order valence-electron chi connectivity index (χ2n) is 15.7. The van der Waals surface area contributed by atoms with Crippen molar-refractivity contribution in [1.29, 1.82) is 10.5 Å². The van der Waals surface area contributed by atoms with Crippen molar-refractivity contribution in [2.75, 3.05) is 0 Å². The summed E-state index contributed by atoms with van der Waals surface area (Å²) in [6.07, 6.45) is -10.1. The molecule has 0 radical (unpaired) electrons. The zero-order chi connectivity index (χ0) is 46.5. The Morgan fingerprint density at radius 1 is 0.373 bits per heavy atom. The third-order valence-corrected chi connectivity index (χ3v) is 11.5. The number of alkyl halides is 6. The topological polar surface area (TPSA) is 91.2 Å². The van der Waals surface area contributed by atoms with Gasteiger partial charge in [-0.1, -0.05) is 109 Å². The van der Waals surface area contributed by atoms with E-state index in [1.165, 1.54) is 6.07 Å². The van der Waals surface area contributed by atoms with E-state index in [0.717, 1.165) is 23.3 Å². The monoisotopic (exact) mass is 888 g/mol. The minimum absolute atomic E-state index is 0.116. The molecule has 12 heteroatoms. The van der Waals surface area contributed by atoms with E-state index in [-0.39, 0.29) is 17.2 Å². The van der Waals surface area contributed by atoms with Gasteiger partial charge in [0.15, 0.2) is 17.5 Å². The number of rotatable bonds is 7. The molecule has 0 fully saturated rings. The molecule has 2 aromatic heterocycles. The normalized spacial score (nSPS) is 11.7. The van der Waals surface area contributed by atoms with Gasteiger partial charge in [0.2, 0.25) is 0 Å². The number of halogens is 6. The number of benzene rings is 8. The van der Waals surface area contributed by atoms with Gasteiger partial charge in [-0.25, -0.2) is 15.0 Å². The van der Waals surface area contributed by atoms with Crippen LogP contribution in [0, 0.1) is 22.7 Å². The second-order valence-corrected chi connectivity index (χ2v) is 15.7. The molecule has 6 nitrogen and oxygen atoms in total. The first-order valence-electron chi connectivity index (χ1n) is 20.8. The van der Waals surface area contributed by atoms with Gasteiger partial charge in [-0.15, -0.1) is 0 Å². The second kappa shape index (κ2) is 16.6. The highest BCUT2D eigenvalue weighted by Crippen LogP contribution is 2.46. The lowest BCUT2D eigenvalue weighted by Gasteiger charge is -2.21. The first-order chi connectivity index (χ1) is 32.4. The first-order valence-corrected chi connectivity index (χ1v) is 20.8. The minimum atomic E-state index is -5.03. The molecule has 10 aromatic rings. The molecule has 0 atom stereocenters. The Morgan fingerprint density at radius 2 is 0.836 bits per heavy atom. The molecule has 0 aliphatic rings.